The quantitative estimate of drug-likeness (QED) is 0.177. The van der Waals surface area contributed by atoms with E-state index in [9.17, 15) is 10.2 Å². The minimum atomic E-state index is -0.114. The summed E-state index contributed by atoms with van der Waals surface area (Å²) < 4.78 is 0. The van der Waals surface area contributed by atoms with Crippen LogP contribution in [0.4, 0.5) is 0 Å². The van der Waals surface area contributed by atoms with Crippen molar-refractivity contribution in [1.82, 2.24) is 0 Å². The van der Waals surface area contributed by atoms with Crippen molar-refractivity contribution in [2.45, 2.75) is 158 Å². The molecule has 2 nitrogen and oxygen atoms in total. The highest BCUT2D eigenvalue weighted by Gasteiger charge is 2.40. The summed E-state index contributed by atoms with van der Waals surface area (Å²) in [7, 11) is 0. The molecule has 2 fully saturated rings. The van der Waals surface area contributed by atoms with Crippen molar-refractivity contribution in [3.05, 3.63) is 36.5 Å². The van der Waals surface area contributed by atoms with Crippen LogP contribution >= 0.6 is 0 Å². The number of aliphatic hydroxyl groups excluding tert-OH is 2. The summed E-state index contributed by atoms with van der Waals surface area (Å²) in [5, 5.41) is 20.5. The van der Waals surface area contributed by atoms with Crippen LogP contribution in [0.3, 0.4) is 0 Å². The van der Waals surface area contributed by atoms with Gasteiger partial charge in [-0.15, -0.1) is 0 Å². The van der Waals surface area contributed by atoms with Crippen LogP contribution < -0.4 is 0 Å². The Kier molecular flexibility index (Phi) is 15.6. The molecule has 2 aliphatic carbocycles. The number of hydrogen-bond donors (Lipinski definition) is 2. The summed E-state index contributed by atoms with van der Waals surface area (Å²) in [5.41, 5.74) is 0.530. The third-order valence-electron chi connectivity index (χ3n) is 11.4. The van der Waals surface area contributed by atoms with Crippen molar-refractivity contribution >= 4 is 0 Å². The molecule has 0 aromatic heterocycles. The van der Waals surface area contributed by atoms with Crippen LogP contribution in [0.2, 0.25) is 0 Å². The van der Waals surface area contributed by atoms with Crippen molar-refractivity contribution in [3.63, 3.8) is 0 Å². The fourth-order valence-corrected chi connectivity index (χ4v) is 8.27. The lowest BCUT2D eigenvalue weighted by Gasteiger charge is -2.45. The smallest absolute Gasteiger partial charge is 0.0571 e. The first-order valence-corrected chi connectivity index (χ1v) is 17.9. The lowest BCUT2D eigenvalue weighted by atomic mass is 9.61. The summed E-state index contributed by atoms with van der Waals surface area (Å²) in [6, 6.07) is 0. The molecule has 244 valence electrons. The van der Waals surface area contributed by atoms with E-state index in [1.807, 2.05) is 0 Å². The van der Waals surface area contributed by atoms with E-state index in [0.29, 0.717) is 23.7 Å². The minimum absolute atomic E-state index is 0.105. The van der Waals surface area contributed by atoms with E-state index < -0.39 is 0 Å². The third-order valence-corrected chi connectivity index (χ3v) is 11.4. The summed E-state index contributed by atoms with van der Waals surface area (Å²) in [4.78, 5) is 0. The topological polar surface area (TPSA) is 40.5 Å². The highest BCUT2D eigenvalue weighted by molar-refractivity contribution is 4.97. The first-order valence-electron chi connectivity index (χ1n) is 17.9. The SMILES string of the molecule is C[C@H](C/C=C/[C@@H](C)C/C=C/C[C@H](C)/C=C/C[C@@H](C)CC[C@@H]1[C@H](C)C[C@H](O)CC1(C)C)CC[C@@H]1C[C@H](C)[C@H](O)CC1(C)C. The molecule has 2 N–H and O–H groups in total. The molecule has 2 rings (SSSR count). The van der Waals surface area contributed by atoms with Gasteiger partial charge in [-0.3, -0.25) is 0 Å². The molecule has 0 saturated heterocycles. The zero-order chi connectivity index (χ0) is 31.5. The van der Waals surface area contributed by atoms with Gasteiger partial charge >= 0.3 is 0 Å². The molecule has 0 heterocycles. The van der Waals surface area contributed by atoms with Crippen LogP contribution in [0.1, 0.15) is 146 Å². The van der Waals surface area contributed by atoms with Crippen molar-refractivity contribution in [2.75, 3.05) is 0 Å². The van der Waals surface area contributed by atoms with Gasteiger partial charge in [-0.1, -0.05) is 119 Å². The summed E-state index contributed by atoms with van der Waals surface area (Å²) in [5.74, 6) is 5.21. The molecule has 42 heavy (non-hydrogen) atoms. The van der Waals surface area contributed by atoms with E-state index in [0.717, 1.165) is 55.8 Å². The molecule has 2 saturated carbocycles. The molecule has 0 radical (unpaired) electrons. The molecular formula is C40H72O2. The Morgan fingerprint density at radius 1 is 0.643 bits per heavy atom. The van der Waals surface area contributed by atoms with Gasteiger partial charge in [-0.25, -0.2) is 0 Å². The Morgan fingerprint density at radius 2 is 1.17 bits per heavy atom. The lowest BCUT2D eigenvalue weighted by molar-refractivity contribution is -0.0206. The first kappa shape index (κ1) is 37.3. The molecule has 2 heteroatoms. The number of rotatable bonds is 16. The molecule has 10 atom stereocenters. The monoisotopic (exact) mass is 585 g/mol. The van der Waals surface area contributed by atoms with E-state index in [1.165, 1.54) is 44.9 Å². The zero-order valence-corrected chi connectivity index (χ0v) is 29.6. The standard InChI is InChI=1S/C40H72O2/c1-29(17-13-19-31(3)21-23-35-25-34(6)38(42)28-39(35,7)8)15-11-12-16-30(2)18-14-20-32(4)22-24-37-33(5)26-36(41)27-40(37,9)10/h11-14,17-18,29-38,41-42H,15-16,19-28H2,1-10H3/b12-11+,17-13+,18-14+/t29-,30-,31+,32+,33+,34-,35+,36-,37+,38+/m0/s1. The van der Waals surface area contributed by atoms with E-state index in [-0.39, 0.29) is 23.0 Å². The van der Waals surface area contributed by atoms with E-state index >= 15 is 0 Å². The van der Waals surface area contributed by atoms with Gasteiger partial charge in [0, 0.05) is 0 Å². The number of allylic oxidation sites excluding steroid dienone is 6. The van der Waals surface area contributed by atoms with Crippen LogP contribution in [0.5, 0.6) is 0 Å². The molecular weight excluding hydrogens is 512 g/mol. The van der Waals surface area contributed by atoms with Crippen molar-refractivity contribution in [3.8, 4) is 0 Å². The molecule has 0 unspecified atom stereocenters. The minimum Gasteiger partial charge on any atom is -0.393 e. The van der Waals surface area contributed by atoms with Crippen molar-refractivity contribution in [1.29, 1.82) is 0 Å². The van der Waals surface area contributed by atoms with Crippen LogP contribution in [-0.2, 0) is 0 Å². The predicted molar refractivity (Wildman–Crippen MR) is 184 cm³/mol. The Morgan fingerprint density at radius 3 is 1.69 bits per heavy atom. The molecule has 0 aliphatic heterocycles. The Hall–Kier alpha value is -0.860. The van der Waals surface area contributed by atoms with Gasteiger partial charge in [0.1, 0.15) is 0 Å². The second kappa shape index (κ2) is 17.6. The maximum atomic E-state index is 10.3. The van der Waals surface area contributed by atoms with Gasteiger partial charge in [0.15, 0.2) is 0 Å². The normalized spacial score (nSPS) is 32.9. The zero-order valence-electron chi connectivity index (χ0n) is 29.6. The van der Waals surface area contributed by atoms with Crippen molar-refractivity contribution < 1.29 is 10.2 Å². The van der Waals surface area contributed by atoms with E-state index in [4.69, 9.17) is 0 Å². The second-order valence-corrected chi connectivity index (χ2v) is 16.9. The second-order valence-electron chi connectivity index (χ2n) is 16.9. The average Bonchev–Trinajstić information content (AvgIpc) is 2.86. The fraction of sp³-hybridized carbons (Fsp3) is 0.850. The summed E-state index contributed by atoms with van der Waals surface area (Å²) >= 11 is 0. The molecule has 0 aromatic carbocycles. The van der Waals surface area contributed by atoms with Gasteiger partial charge in [-0.05, 0) is 122 Å². The maximum absolute atomic E-state index is 10.3. The van der Waals surface area contributed by atoms with Crippen LogP contribution in [0.25, 0.3) is 0 Å². The Balaban J connectivity index is 1.59. The van der Waals surface area contributed by atoms with Gasteiger partial charge in [0.25, 0.3) is 0 Å². The van der Waals surface area contributed by atoms with E-state index in [1.54, 1.807) is 0 Å². The average molecular weight is 585 g/mol. The number of aliphatic hydroxyl groups is 2. The molecule has 0 aromatic rings. The van der Waals surface area contributed by atoms with Crippen LogP contribution in [0, 0.1) is 58.2 Å². The number of hydrogen-bond acceptors (Lipinski definition) is 2. The van der Waals surface area contributed by atoms with Gasteiger partial charge in [-0.2, -0.15) is 0 Å². The first-order chi connectivity index (χ1) is 19.6. The summed E-state index contributed by atoms with van der Waals surface area (Å²) in [6.45, 7) is 23.5. The molecule has 0 amide bonds. The molecule has 0 spiro atoms. The Bertz CT molecular complexity index is 835. The summed E-state index contributed by atoms with van der Waals surface area (Å²) in [6.07, 6.45) is 28.1. The largest absolute Gasteiger partial charge is 0.393 e. The molecule has 0 bridgehead atoms. The lowest BCUT2D eigenvalue weighted by Crippen LogP contribution is -2.40. The highest BCUT2D eigenvalue weighted by Crippen LogP contribution is 2.47. The maximum Gasteiger partial charge on any atom is 0.0571 e. The predicted octanol–water partition coefficient (Wildman–Crippen LogP) is 11.2. The van der Waals surface area contributed by atoms with Gasteiger partial charge in [0.05, 0.1) is 12.2 Å². The van der Waals surface area contributed by atoms with Gasteiger partial charge < -0.3 is 10.2 Å². The van der Waals surface area contributed by atoms with Crippen LogP contribution in [-0.4, -0.2) is 22.4 Å². The fourth-order valence-electron chi connectivity index (χ4n) is 8.27. The highest BCUT2D eigenvalue weighted by atomic mass is 16.3. The van der Waals surface area contributed by atoms with Crippen molar-refractivity contribution in [2.24, 2.45) is 58.2 Å². The molecule has 2 aliphatic rings. The van der Waals surface area contributed by atoms with Crippen LogP contribution in [0.15, 0.2) is 36.5 Å². The van der Waals surface area contributed by atoms with Gasteiger partial charge in [0.2, 0.25) is 0 Å². The third kappa shape index (κ3) is 13.0. The van der Waals surface area contributed by atoms with E-state index in [2.05, 4.69) is 106 Å². The Labute approximate surface area is 262 Å².